The van der Waals surface area contributed by atoms with Crippen molar-refractivity contribution in [3.8, 4) is 5.75 Å². The summed E-state index contributed by atoms with van der Waals surface area (Å²) in [4.78, 5) is 23.3. The van der Waals surface area contributed by atoms with Crippen LogP contribution in [0.4, 0.5) is 0 Å². The average molecular weight is 358 g/mol. The van der Waals surface area contributed by atoms with Crippen LogP contribution in [0.2, 0.25) is 0 Å². The molecule has 0 bridgehead atoms. The molecule has 1 amide bonds. The Kier molecular flexibility index (Phi) is 5.14. The van der Waals surface area contributed by atoms with Gasteiger partial charge in [-0.05, 0) is 34.5 Å². The average Bonchev–Trinajstić information content (AvgIpc) is 3.28. The summed E-state index contributed by atoms with van der Waals surface area (Å²) < 4.78 is 5.27. The highest BCUT2D eigenvalue weighted by atomic mass is 32.1. The van der Waals surface area contributed by atoms with Crippen molar-refractivity contribution in [2.45, 2.75) is 25.3 Å². The molecular weight excluding hydrogens is 340 g/mol. The predicted molar refractivity (Wildman–Crippen MR) is 94.9 cm³/mol. The third-order valence-electron chi connectivity index (χ3n) is 4.05. The zero-order valence-electron chi connectivity index (χ0n) is 13.7. The summed E-state index contributed by atoms with van der Waals surface area (Å²) in [6.45, 7) is 0. The first-order chi connectivity index (χ1) is 12.1. The Morgan fingerprint density at radius 1 is 1.36 bits per heavy atom. The van der Waals surface area contributed by atoms with Crippen molar-refractivity contribution < 1.29 is 19.4 Å². The monoisotopic (exact) mass is 358 g/mol. The molecule has 25 heavy (non-hydrogen) atoms. The number of methoxy groups -OCH3 is 1. The van der Waals surface area contributed by atoms with E-state index in [9.17, 15) is 9.59 Å². The van der Waals surface area contributed by atoms with Crippen LogP contribution in [0, 0.1) is 0 Å². The number of carbonyl (C=O) groups excluding carboxylic acids is 1. The highest BCUT2D eigenvalue weighted by Gasteiger charge is 2.33. The molecule has 6 nitrogen and oxygen atoms in total. The van der Waals surface area contributed by atoms with Crippen LogP contribution in [0.15, 0.2) is 46.2 Å². The van der Waals surface area contributed by atoms with Gasteiger partial charge in [0.1, 0.15) is 5.75 Å². The van der Waals surface area contributed by atoms with Gasteiger partial charge in [0.25, 0.3) is 0 Å². The standard InChI is InChI=1S/C18H18N2O4S/c1-24-14-4-2-3-12(9-14)16-10-15(13-7-8-25-11-13)19-20(16)17(21)5-6-18(22)23/h2-4,7-9,11,16H,5-6,10H2,1H3,(H,22,23). The van der Waals surface area contributed by atoms with E-state index in [0.717, 1.165) is 16.8 Å². The Hall–Kier alpha value is -2.67. The van der Waals surface area contributed by atoms with E-state index in [-0.39, 0.29) is 24.8 Å². The van der Waals surface area contributed by atoms with Gasteiger partial charge in [-0.25, -0.2) is 5.01 Å². The van der Waals surface area contributed by atoms with Crippen molar-refractivity contribution in [3.05, 3.63) is 52.2 Å². The number of hydrogen-bond acceptors (Lipinski definition) is 5. The lowest BCUT2D eigenvalue weighted by molar-refractivity contribution is -0.141. The lowest BCUT2D eigenvalue weighted by atomic mass is 9.99. The molecule has 7 heteroatoms. The molecule has 0 spiro atoms. The summed E-state index contributed by atoms with van der Waals surface area (Å²) >= 11 is 1.57. The van der Waals surface area contributed by atoms with Crippen LogP contribution in [0.3, 0.4) is 0 Å². The van der Waals surface area contributed by atoms with Gasteiger partial charge in [0, 0.05) is 18.4 Å². The van der Waals surface area contributed by atoms with E-state index in [4.69, 9.17) is 9.84 Å². The van der Waals surface area contributed by atoms with Crippen LogP contribution in [-0.2, 0) is 9.59 Å². The third-order valence-corrected chi connectivity index (χ3v) is 4.73. The number of carboxylic acid groups (broad SMARTS) is 1. The number of hydrazone groups is 1. The fourth-order valence-corrected chi connectivity index (χ4v) is 3.45. The van der Waals surface area contributed by atoms with Gasteiger partial charge in [0.2, 0.25) is 5.91 Å². The molecule has 130 valence electrons. The van der Waals surface area contributed by atoms with Crippen LogP contribution in [0.25, 0.3) is 0 Å². The molecule has 1 aliphatic rings. The Bertz CT molecular complexity index is 801. The molecule has 2 heterocycles. The van der Waals surface area contributed by atoms with Gasteiger partial charge in [0.05, 0.1) is 25.3 Å². The molecule has 0 saturated heterocycles. The maximum absolute atomic E-state index is 12.5. The molecule has 2 aromatic rings. The number of carbonyl (C=O) groups is 2. The smallest absolute Gasteiger partial charge is 0.303 e. The normalized spacial score (nSPS) is 16.6. The summed E-state index contributed by atoms with van der Waals surface area (Å²) in [6, 6.07) is 9.24. The summed E-state index contributed by atoms with van der Waals surface area (Å²) in [5.41, 5.74) is 2.74. The van der Waals surface area contributed by atoms with Gasteiger partial charge < -0.3 is 9.84 Å². The van der Waals surface area contributed by atoms with Crippen LogP contribution >= 0.6 is 11.3 Å². The predicted octanol–water partition coefficient (Wildman–Crippen LogP) is 3.30. The number of benzene rings is 1. The lowest BCUT2D eigenvalue weighted by Gasteiger charge is -2.22. The number of carboxylic acids is 1. The molecule has 1 aromatic heterocycles. The Labute approximate surface area is 149 Å². The van der Waals surface area contributed by atoms with Gasteiger partial charge in [-0.2, -0.15) is 16.4 Å². The minimum atomic E-state index is -0.993. The minimum absolute atomic E-state index is 0.0732. The van der Waals surface area contributed by atoms with E-state index in [2.05, 4.69) is 5.10 Å². The van der Waals surface area contributed by atoms with Gasteiger partial charge in [-0.15, -0.1) is 0 Å². The van der Waals surface area contributed by atoms with Crippen molar-refractivity contribution in [3.63, 3.8) is 0 Å². The second-order valence-electron chi connectivity index (χ2n) is 5.69. The van der Waals surface area contributed by atoms with E-state index in [0.29, 0.717) is 12.2 Å². The first-order valence-corrected chi connectivity index (χ1v) is 8.80. The largest absolute Gasteiger partial charge is 0.497 e. The van der Waals surface area contributed by atoms with Gasteiger partial charge in [0.15, 0.2) is 0 Å². The molecule has 1 unspecified atom stereocenters. The number of hydrogen-bond donors (Lipinski definition) is 1. The molecule has 1 aromatic carbocycles. The lowest BCUT2D eigenvalue weighted by Crippen LogP contribution is -2.27. The molecule has 0 saturated carbocycles. The highest BCUT2D eigenvalue weighted by molar-refractivity contribution is 7.08. The Morgan fingerprint density at radius 2 is 2.20 bits per heavy atom. The van der Waals surface area contributed by atoms with Crippen molar-refractivity contribution in [1.29, 1.82) is 0 Å². The van der Waals surface area contributed by atoms with Crippen LogP contribution in [0.5, 0.6) is 5.75 Å². The second kappa shape index (κ2) is 7.48. The molecule has 0 radical (unpaired) electrons. The summed E-state index contributed by atoms with van der Waals surface area (Å²) in [5, 5.41) is 18.7. The third kappa shape index (κ3) is 3.88. The SMILES string of the molecule is COc1cccc(C2CC(c3ccsc3)=NN2C(=O)CCC(=O)O)c1. The van der Waals surface area contributed by atoms with E-state index < -0.39 is 5.97 Å². The first kappa shape index (κ1) is 17.2. The van der Waals surface area contributed by atoms with Crippen LogP contribution < -0.4 is 4.74 Å². The number of amides is 1. The molecule has 3 rings (SSSR count). The molecule has 0 fully saturated rings. The van der Waals surface area contributed by atoms with Crippen LogP contribution in [-0.4, -0.2) is 34.8 Å². The quantitative estimate of drug-likeness (QED) is 0.859. The zero-order valence-corrected chi connectivity index (χ0v) is 14.5. The molecule has 1 N–H and O–H groups in total. The van der Waals surface area contributed by atoms with Crippen molar-refractivity contribution in [1.82, 2.24) is 5.01 Å². The van der Waals surface area contributed by atoms with Crippen molar-refractivity contribution in [2.24, 2.45) is 5.10 Å². The molecule has 1 atom stereocenters. The summed E-state index contributed by atoms with van der Waals surface area (Å²) in [6.07, 6.45) is 0.308. The van der Waals surface area contributed by atoms with Gasteiger partial charge in [-0.1, -0.05) is 12.1 Å². The Morgan fingerprint density at radius 3 is 2.88 bits per heavy atom. The van der Waals surface area contributed by atoms with Crippen molar-refractivity contribution in [2.75, 3.05) is 7.11 Å². The topological polar surface area (TPSA) is 79.2 Å². The van der Waals surface area contributed by atoms with E-state index in [1.807, 2.05) is 41.1 Å². The number of aliphatic carboxylic acids is 1. The highest BCUT2D eigenvalue weighted by Crippen LogP contribution is 2.35. The summed E-state index contributed by atoms with van der Waals surface area (Å²) in [5.74, 6) is -0.576. The second-order valence-corrected chi connectivity index (χ2v) is 6.47. The number of thiophene rings is 1. The van der Waals surface area contributed by atoms with Crippen molar-refractivity contribution >= 4 is 28.9 Å². The van der Waals surface area contributed by atoms with E-state index >= 15 is 0 Å². The van der Waals surface area contributed by atoms with Crippen LogP contribution in [0.1, 0.15) is 36.4 Å². The van der Waals surface area contributed by atoms with E-state index in [1.54, 1.807) is 18.4 Å². The summed E-state index contributed by atoms with van der Waals surface area (Å²) in [7, 11) is 1.59. The molecule has 1 aliphatic heterocycles. The number of nitrogens with zero attached hydrogens (tertiary/aromatic N) is 2. The van der Waals surface area contributed by atoms with E-state index in [1.165, 1.54) is 5.01 Å². The van der Waals surface area contributed by atoms with Gasteiger partial charge >= 0.3 is 5.97 Å². The maximum atomic E-state index is 12.5. The number of ether oxygens (including phenoxy) is 1. The number of rotatable bonds is 6. The zero-order chi connectivity index (χ0) is 17.8. The molecule has 0 aliphatic carbocycles. The first-order valence-electron chi connectivity index (χ1n) is 7.86. The fraction of sp³-hybridized carbons (Fsp3) is 0.278. The fourth-order valence-electron chi connectivity index (χ4n) is 2.78. The Balaban J connectivity index is 1.89. The molecular formula is C18H18N2O4S. The minimum Gasteiger partial charge on any atom is -0.497 e. The van der Waals surface area contributed by atoms with Gasteiger partial charge in [-0.3, -0.25) is 9.59 Å². The maximum Gasteiger partial charge on any atom is 0.303 e.